The summed E-state index contributed by atoms with van der Waals surface area (Å²) in [6.45, 7) is 4.50. The Balaban J connectivity index is 1.64. The van der Waals surface area contributed by atoms with Crippen molar-refractivity contribution in [1.29, 1.82) is 0 Å². The highest BCUT2D eigenvalue weighted by Crippen LogP contribution is 2.22. The zero-order valence-electron chi connectivity index (χ0n) is 21.8. The van der Waals surface area contributed by atoms with Gasteiger partial charge in [-0.15, -0.1) is 0 Å². The summed E-state index contributed by atoms with van der Waals surface area (Å²) in [6.07, 6.45) is 22.8. The van der Waals surface area contributed by atoms with Crippen LogP contribution in [0.2, 0.25) is 0 Å². The maximum absolute atomic E-state index is 12.1. The molecule has 2 rings (SSSR count). The number of carbonyl (C=O) groups excluding carboxylic acids is 1. The van der Waals surface area contributed by atoms with Crippen LogP contribution in [0.4, 0.5) is 0 Å². The van der Waals surface area contributed by atoms with Crippen LogP contribution in [0.15, 0.2) is 42.6 Å². The minimum atomic E-state index is -0.133. The number of unbranched alkanes of at least 4 members (excludes halogenated alkanes) is 13. The zero-order valence-corrected chi connectivity index (χ0v) is 21.8. The van der Waals surface area contributed by atoms with Gasteiger partial charge in [0.05, 0.1) is 5.69 Å². The fourth-order valence-corrected chi connectivity index (χ4v) is 4.31. The molecule has 0 aliphatic rings. The lowest BCUT2D eigenvalue weighted by Crippen LogP contribution is -2.07. The van der Waals surface area contributed by atoms with Crippen molar-refractivity contribution >= 4 is 5.97 Å². The molecule has 0 aliphatic carbocycles. The van der Waals surface area contributed by atoms with Gasteiger partial charge in [0.25, 0.3) is 0 Å². The summed E-state index contributed by atoms with van der Waals surface area (Å²) in [4.78, 5) is 16.8. The second-order valence-electron chi connectivity index (χ2n) is 9.65. The first-order valence-corrected chi connectivity index (χ1v) is 14.0. The van der Waals surface area contributed by atoms with E-state index in [9.17, 15) is 4.79 Å². The highest BCUT2D eigenvalue weighted by molar-refractivity contribution is 5.72. The Morgan fingerprint density at radius 3 is 1.79 bits per heavy atom. The van der Waals surface area contributed by atoms with E-state index in [4.69, 9.17) is 4.74 Å². The van der Waals surface area contributed by atoms with E-state index in [-0.39, 0.29) is 5.97 Å². The van der Waals surface area contributed by atoms with Gasteiger partial charge in [-0.05, 0) is 55.2 Å². The molecule has 1 heterocycles. The van der Waals surface area contributed by atoms with Gasteiger partial charge in [-0.1, -0.05) is 103 Å². The number of benzene rings is 1. The average molecular weight is 466 g/mol. The van der Waals surface area contributed by atoms with Crippen molar-refractivity contribution in [3.05, 3.63) is 48.2 Å². The Labute approximate surface area is 208 Å². The van der Waals surface area contributed by atoms with Crippen molar-refractivity contribution in [3.8, 4) is 17.0 Å². The molecule has 188 valence electrons. The first-order chi connectivity index (χ1) is 16.7. The summed E-state index contributed by atoms with van der Waals surface area (Å²) in [5.41, 5.74) is 3.31. The number of aromatic nitrogens is 1. The number of hydrogen-bond donors (Lipinski definition) is 0. The molecule has 2 aromatic rings. The molecule has 0 N–H and O–H groups in total. The highest BCUT2D eigenvalue weighted by atomic mass is 16.5. The monoisotopic (exact) mass is 465 g/mol. The maximum atomic E-state index is 12.1. The first kappa shape index (κ1) is 28.1. The van der Waals surface area contributed by atoms with E-state index in [1.807, 2.05) is 30.5 Å². The lowest BCUT2D eigenvalue weighted by Gasteiger charge is -2.07. The fraction of sp³-hybridized carbons (Fsp3) is 0.613. The number of aryl methyl sites for hydroxylation is 1. The molecule has 0 saturated heterocycles. The molecule has 0 bridgehead atoms. The van der Waals surface area contributed by atoms with E-state index in [0.717, 1.165) is 30.5 Å². The summed E-state index contributed by atoms with van der Waals surface area (Å²) >= 11 is 0. The number of esters is 1. The predicted molar refractivity (Wildman–Crippen MR) is 144 cm³/mol. The van der Waals surface area contributed by atoms with Gasteiger partial charge in [0, 0.05) is 18.2 Å². The molecular formula is C31H47NO2. The van der Waals surface area contributed by atoms with Crippen LogP contribution >= 0.6 is 0 Å². The molecule has 0 amide bonds. The highest BCUT2D eigenvalue weighted by Gasteiger charge is 2.06. The normalized spacial score (nSPS) is 11.0. The predicted octanol–water partition coefficient (Wildman–Crippen LogP) is 9.48. The number of hydrogen-bond acceptors (Lipinski definition) is 3. The van der Waals surface area contributed by atoms with Crippen LogP contribution in [-0.4, -0.2) is 11.0 Å². The van der Waals surface area contributed by atoms with Crippen LogP contribution in [0.25, 0.3) is 11.3 Å². The van der Waals surface area contributed by atoms with E-state index in [2.05, 4.69) is 31.0 Å². The number of pyridine rings is 1. The Morgan fingerprint density at radius 2 is 1.24 bits per heavy atom. The Hall–Kier alpha value is -2.16. The number of rotatable bonds is 19. The van der Waals surface area contributed by atoms with Crippen LogP contribution in [0.3, 0.4) is 0 Å². The molecular weight excluding hydrogens is 418 g/mol. The van der Waals surface area contributed by atoms with E-state index in [1.54, 1.807) is 0 Å². The summed E-state index contributed by atoms with van der Waals surface area (Å²) in [7, 11) is 0. The van der Waals surface area contributed by atoms with Crippen LogP contribution in [0.5, 0.6) is 5.75 Å². The third kappa shape index (κ3) is 12.3. The molecule has 3 heteroatoms. The lowest BCUT2D eigenvalue weighted by atomic mass is 10.0. The number of ether oxygens (including phenoxy) is 1. The minimum Gasteiger partial charge on any atom is -0.427 e. The van der Waals surface area contributed by atoms with Gasteiger partial charge < -0.3 is 4.74 Å². The van der Waals surface area contributed by atoms with Crippen LogP contribution in [-0.2, 0) is 11.2 Å². The van der Waals surface area contributed by atoms with Crippen molar-refractivity contribution in [2.24, 2.45) is 0 Å². The van der Waals surface area contributed by atoms with Gasteiger partial charge >= 0.3 is 5.97 Å². The Morgan fingerprint density at radius 1 is 0.676 bits per heavy atom. The van der Waals surface area contributed by atoms with E-state index in [0.29, 0.717) is 12.2 Å². The molecule has 0 atom stereocenters. The van der Waals surface area contributed by atoms with E-state index in [1.165, 1.54) is 89.0 Å². The topological polar surface area (TPSA) is 39.2 Å². The quantitative estimate of drug-likeness (QED) is 0.118. The van der Waals surface area contributed by atoms with Gasteiger partial charge in [-0.25, -0.2) is 0 Å². The van der Waals surface area contributed by atoms with Gasteiger partial charge in [-0.3, -0.25) is 9.78 Å². The van der Waals surface area contributed by atoms with E-state index < -0.39 is 0 Å². The van der Waals surface area contributed by atoms with Crippen molar-refractivity contribution < 1.29 is 9.53 Å². The van der Waals surface area contributed by atoms with Gasteiger partial charge in [0.1, 0.15) is 5.75 Å². The Bertz CT molecular complexity index is 767. The lowest BCUT2D eigenvalue weighted by molar-refractivity contribution is -0.134. The number of nitrogens with zero attached hydrogens (tertiary/aromatic N) is 1. The molecule has 3 nitrogen and oxygen atoms in total. The van der Waals surface area contributed by atoms with Crippen molar-refractivity contribution in [3.63, 3.8) is 0 Å². The van der Waals surface area contributed by atoms with Crippen LogP contribution < -0.4 is 4.74 Å². The van der Waals surface area contributed by atoms with Crippen molar-refractivity contribution in [1.82, 2.24) is 4.98 Å². The van der Waals surface area contributed by atoms with E-state index >= 15 is 0 Å². The standard InChI is InChI=1S/C31H47NO2/c1-3-5-7-9-11-13-15-17-19-31(33)34-29-23-21-28(22-24-29)30-25-20-27(26-32-30)18-16-14-12-10-8-6-4-2/h20-26H,3-19H2,1-2H3. The largest absolute Gasteiger partial charge is 0.427 e. The minimum absolute atomic E-state index is 0.133. The summed E-state index contributed by atoms with van der Waals surface area (Å²) in [5.74, 6) is 0.482. The third-order valence-corrected chi connectivity index (χ3v) is 6.51. The molecule has 0 aliphatic heterocycles. The summed E-state index contributed by atoms with van der Waals surface area (Å²) in [6, 6.07) is 12.0. The molecule has 0 unspecified atom stereocenters. The average Bonchev–Trinajstić information content (AvgIpc) is 2.86. The SMILES string of the molecule is CCCCCCCCCCC(=O)Oc1ccc(-c2ccc(CCCCCCCCC)cn2)cc1. The Kier molecular flexibility index (Phi) is 15.0. The second kappa shape index (κ2) is 18.2. The third-order valence-electron chi connectivity index (χ3n) is 6.51. The molecule has 0 fully saturated rings. The molecule has 0 saturated carbocycles. The van der Waals surface area contributed by atoms with Crippen LogP contribution in [0.1, 0.15) is 122 Å². The van der Waals surface area contributed by atoms with Gasteiger partial charge in [-0.2, -0.15) is 0 Å². The first-order valence-electron chi connectivity index (χ1n) is 14.0. The van der Waals surface area contributed by atoms with Crippen LogP contribution in [0, 0.1) is 0 Å². The maximum Gasteiger partial charge on any atom is 0.311 e. The molecule has 1 aromatic carbocycles. The summed E-state index contributed by atoms with van der Waals surface area (Å²) < 4.78 is 5.51. The fourth-order valence-electron chi connectivity index (χ4n) is 4.31. The smallest absolute Gasteiger partial charge is 0.311 e. The second-order valence-corrected chi connectivity index (χ2v) is 9.65. The molecule has 34 heavy (non-hydrogen) atoms. The summed E-state index contributed by atoms with van der Waals surface area (Å²) in [5, 5.41) is 0. The van der Waals surface area contributed by atoms with Gasteiger partial charge in [0.2, 0.25) is 0 Å². The molecule has 0 spiro atoms. The van der Waals surface area contributed by atoms with Crippen molar-refractivity contribution in [2.45, 2.75) is 123 Å². The molecule has 0 radical (unpaired) electrons. The van der Waals surface area contributed by atoms with Gasteiger partial charge in [0.15, 0.2) is 0 Å². The van der Waals surface area contributed by atoms with Crippen molar-refractivity contribution in [2.75, 3.05) is 0 Å². The zero-order chi connectivity index (χ0) is 24.3. The molecule has 1 aromatic heterocycles. The number of carbonyl (C=O) groups is 1.